The Kier molecular flexibility index (Phi) is 6.44. The van der Waals surface area contributed by atoms with Crippen molar-refractivity contribution in [1.29, 1.82) is 0 Å². The van der Waals surface area contributed by atoms with Gasteiger partial charge in [0, 0.05) is 6.54 Å². The molecule has 0 amide bonds. The lowest BCUT2D eigenvalue weighted by molar-refractivity contribution is 0.323. The van der Waals surface area contributed by atoms with Gasteiger partial charge in [-0.25, -0.2) is 14.6 Å². The Hall–Kier alpha value is -4.53. The fourth-order valence-electron chi connectivity index (χ4n) is 4.30. The van der Waals surface area contributed by atoms with E-state index in [1.54, 1.807) is 40.1 Å². The van der Waals surface area contributed by atoms with Gasteiger partial charge in [-0.05, 0) is 48.4 Å². The van der Waals surface area contributed by atoms with Gasteiger partial charge in [-0.3, -0.25) is 0 Å². The standard InChI is InChI=1S/C27H27N5O4/c1-18-8-5-6-10-22(18)32-27-21(14-30-32)26(28-17-29-27)31(16-20-9-7-11-36-20)15-19-12-23(33-2)25(35-4)24(13-19)34-3/h5-14,17H,15-16H2,1-4H3. The van der Waals surface area contributed by atoms with E-state index in [1.807, 2.05) is 47.1 Å². The topological polar surface area (TPSA) is 87.7 Å². The molecule has 0 radical (unpaired) electrons. The molecule has 0 saturated carbocycles. The largest absolute Gasteiger partial charge is 0.493 e. The molecule has 0 atom stereocenters. The number of nitrogens with zero attached hydrogens (tertiary/aromatic N) is 5. The maximum absolute atomic E-state index is 5.68. The molecule has 9 heteroatoms. The van der Waals surface area contributed by atoms with Crippen molar-refractivity contribution in [3.05, 3.63) is 84.2 Å². The summed E-state index contributed by atoms with van der Waals surface area (Å²) in [5.41, 5.74) is 3.75. The second-order valence-corrected chi connectivity index (χ2v) is 8.25. The third-order valence-electron chi connectivity index (χ3n) is 6.01. The Morgan fingerprint density at radius 3 is 2.36 bits per heavy atom. The van der Waals surface area contributed by atoms with E-state index >= 15 is 0 Å². The number of aryl methyl sites for hydroxylation is 1. The number of rotatable bonds is 9. The summed E-state index contributed by atoms with van der Waals surface area (Å²) in [6.07, 6.45) is 5.04. The zero-order chi connectivity index (χ0) is 25.1. The van der Waals surface area contributed by atoms with Crippen LogP contribution in [0.5, 0.6) is 17.2 Å². The molecule has 184 valence electrons. The van der Waals surface area contributed by atoms with Gasteiger partial charge in [0.1, 0.15) is 17.9 Å². The van der Waals surface area contributed by atoms with Crippen molar-refractivity contribution < 1.29 is 18.6 Å². The Labute approximate surface area is 208 Å². The number of benzene rings is 2. The number of hydrogen-bond donors (Lipinski definition) is 0. The Morgan fingerprint density at radius 2 is 1.69 bits per heavy atom. The summed E-state index contributed by atoms with van der Waals surface area (Å²) in [6, 6.07) is 15.8. The molecular weight excluding hydrogens is 458 g/mol. The Bertz CT molecular complexity index is 1450. The zero-order valence-corrected chi connectivity index (χ0v) is 20.6. The fourth-order valence-corrected chi connectivity index (χ4v) is 4.30. The molecule has 5 aromatic rings. The van der Waals surface area contributed by atoms with Crippen LogP contribution in [0.4, 0.5) is 5.82 Å². The van der Waals surface area contributed by atoms with Crippen LogP contribution in [0.2, 0.25) is 0 Å². The van der Waals surface area contributed by atoms with E-state index < -0.39 is 0 Å². The van der Waals surface area contributed by atoms with Crippen molar-refractivity contribution in [1.82, 2.24) is 19.7 Å². The molecular formula is C27H27N5O4. The molecule has 0 aliphatic carbocycles. The lowest BCUT2D eigenvalue weighted by atomic mass is 10.1. The molecule has 9 nitrogen and oxygen atoms in total. The summed E-state index contributed by atoms with van der Waals surface area (Å²) < 4.78 is 24.1. The average molecular weight is 486 g/mol. The van der Waals surface area contributed by atoms with E-state index in [9.17, 15) is 0 Å². The second kappa shape index (κ2) is 9.99. The lowest BCUT2D eigenvalue weighted by Gasteiger charge is -2.24. The highest BCUT2D eigenvalue weighted by Gasteiger charge is 2.21. The van der Waals surface area contributed by atoms with Crippen LogP contribution in [-0.4, -0.2) is 41.1 Å². The molecule has 3 heterocycles. The van der Waals surface area contributed by atoms with E-state index in [2.05, 4.69) is 33.0 Å². The Balaban J connectivity index is 1.60. The van der Waals surface area contributed by atoms with Crippen molar-refractivity contribution in [2.75, 3.05) is 26.2 Å². The van der Waals surface area contributed by atoms with Gasteiger partial charge >= 0.3 is 0 Å². The van der Waals surface area contributed by atoms with Crippen LogP contribution in [0.1, 0.15) is 16.9 Å². The number of ether oxygens (including phenoxy) is 3. The molecule has 3 aromatic heterocycles. The number of aromatic nitrogens is 4. The van der Waals surface area contributed by atoms with Crippen LogP contribution >= 0.6 is 0 Å². The van der Waals surface area contributed by atoms with Crippen molar-refractivity contribution in [3.63, 3.8) is 0 Å². The van der Waals surface area contributed by atoms with E-state index in [0.29, 0.717) is 30.3 Å². The van der Waals surface area contributed by atoms with Gasteiger partial charge in [0.05, 0.1) is 51.4 Å². The summed E-state index contributed by atoms with van der Waals surface area (Å²) in [7, 11) is 4.80. The molecule has 5 rings (SSSR count). The van der Waals surface area contributed by atoms with Gasteiger partial charge in [-0.15, -0.1) is 0 Å². The van der Waals surface area contributed by atoms with Crippen LogP contribution in [-0.2, 0) is 13.1 Å². The number of hydrogen-bond acceptors (Lipinski definition) is 8. The smallest absolute Gasteiger partial charge is 0.203 e. The first kappa shape index (κ1) is 23.2. The van der Waals surface area contributed by atoms with Gasteiger partial charge < -0.3 is 23.5 Å². The first-order chi connectivity index (χ1) is 17.6. The first-order valence-corrected chi connectivity index (χ1v) is 11.4. The normalized spacial score (nSPS) is 11.0. The van der Waals surface area contributed by atoms with E-state index in [4.69, 9.17) is 18.6 Å². The number of para-hydroxylation sites is 1. The average Bonchev–Trinajstić information content (AvgIpc) is 3.58. The highest BCUT2D eigenvalue weighted by atomic mass is 16.5. The number of methoxy groups -OCH3 is 3. The van der Waals surface area contributed by atoms with Gasteiger partial charge in [-0.2, -0.15) is 5.10 Å². The molecule has 0 spiro atoms. The molecule has 0 aliphatic heterocycles. The molecule has 0 fully saturated rings. The molecule has 0 N–H and O–H groups in total. The highest BCUT2D eigenvalue weighted by Crippen LogP contribution is 2.39. The summed E-state index contributed by atoms with van der Waals surface area (Å²) in [5.74, 6) is 3.27. The summed E-state index contributed by atoms with van der Waals surface area (Å²) >= 11 is 0. The number of furan rings is 1. The van der Waals surface area contributed by atoms with Crippen molar-refractivity contribution in [2.24, 2.45) is 0 Å². The fraction of sp³-hybridized carbons (Fsp3) is 0.222. The molecule has 0 saturated heterocycles. The van der Waals surface area contributed by atoms with Gasteiger partial charge in [0.15, 0.2) is 17.1 Å². The minimum atomic E-state index is 0.491. The van der Waals surface area contributed by atoms with Gasteiger partial charge in [-0.1, -0.05) is 18.2 Å². The van der Waals surface area contributed by atoms with E-state index in [0.717, 1.165) is 39.4 Å². The molecule has 36 heavy (non-hydrogen) atoms. The third-order valence-corrected chi connectivity index (χ3v) is 6.01. The van der Waals surface area contributed by atoms with Gasteiger partial charge in [0.2, 0.25) is 5.75 Å². The summed E-state index contributed by atoms with van der Waals surface area (Å²) in [5, 5.41) is 5.49. The Morgan fingerprint density at radius 1 is 0.917 bits per heavy atom. The van der Waals surface area contributed by atoms with Crippen LogP contribution < -0.4 is 19.1 Å². The highest BCUT2D eigenvalue weighted by molar-refractivity contribution is 5.87. The van der Waals surface area contributed by atoms with Crippen LogP contribution in [0, 0.1) is 6.92 Å². The maximum Gasteiger partial charge on any atom is 0.203 e. The van der Waals surface area contributed by atoms with Crippen LogP contribution in [0.15, 0.2) is 71.7 Å². The van der Waals surface area contributed by atoms with E-state index in [-0.39, 0.29) is 0 Å². The maximum atomic E-state index is 5.68. The summed E-state index contributed by atoms with van der Waals surface area (Å²) in [6.45, 7) is 3.04. The van der Waals surface area contributed by atoms with Crippen molar-refractivity contribution in [3.8, 4) is 22.9 Å². The quantitative estimate of drug-likeness (QED) is 0.290. The van der Waals surface area contributed by atoms with E-state index in [1.165, 1.54) is 0 Å². The van der Waals surface area contributed by atoms with Crippen molar-refractivity contribution in [2.45, 2.75) is 20.0 Å². The predicted octanol–water partition coefficient (Wildman–Crippen LogP) is 4.95. The third kappa shape index (κ3) is 4.31. The molecule has 0 unspecified atom stereocenters. The molecule has 0 aliphatic rings. The van der Waals surface area contributed by atoms with Crippen LogP contribution in [0.25, 0.3) is 16.7 Å². The second-order valence-electron chi connectivity index (χ2n) is 8.25. The first-order valence-electron chi connectivity index (χ1n) is 11.4. The number of anilines is 1. The minimum absolute atomic E-state index is 0.491. The minimum Gasteiger partial charge on any atom is -0.493 e. The lowest BCUT2D eigenvalue weighted by Crippen LogP contribution is -2.23. The van der Waals surface area contributed by atoms with Crippen molar-refractivity contribution >= 4 is 16.9 Å². The molecule has 0 bridgehead atoms. The monoisotopic (exact) mass is 485 g/mol. The summed E-state index contributed by atoms with van der Waals surface area (Å²) in [4.78, 5) is 11.3. The SMILES string of the molecule is COc1cc(CN(Cc2ccco2)c2ncnc3c2cnn3-c2ccccc2C)cc(OC)c1OC. The van der Waals surface area contributed by atoms with Gasteiger partial charge in [0.25, 0.3) is 0 Å². The predicted molar refractivity (Wildman–Crippen MR) is 136 cm³/mol. The zero-order valence-electron chi connectivity index (χ0n) is 20.6. The van der Waals surface area contributed by atoms with Crippen LogP contribution in [0.3, 0.4) is 0 Å². The number of fused-ring (bicyclic) bond motifs is 1. The molecule has 2 aromatic carbocycles.